The molecule has 0 heterocycles. The van der Waals surface area contributed by atoms with E-state index in [-0.39, 0.29) is 11.3 Å². The van der Waals surface area contributed by atoms with Gasteiger partial charge in [-0.1, -0.05) is 24.3 Å². The van der Waals surface area contributed by atoms with Crippen molar-refractivity contribution in [3.63, 3.8) is 0 Å². The first-order chi connectivity index (χ1) is 7.65. The summed E-state index contributed by atoms with van der Waals surface area (Å²) in [6, 6.07) is 8.33. The first kappa shape index (κ1) is 10.4. The number of fused-ring (bicyclic) bond motifs is 1. The molecule has 0 radical (unpaired) electrons. The van der Waals surface area contributed by atoms with Gasteiger partial charge in [-0.05, 0) is 11.5 Å². The van der Waals surface area contributed by atoms with E-state index in [1.807, 2.05) is 0 Å². The summed E-state index contributed by atoms with van der Waals surface area (Å²) in [4.78, 5) is 11.4. The van der Waals surface area contributed by atoms with Gasteiger partial charge in [-0.25, -0.2) is 9.18 Å². The summed E-state index contributed by atoms with van der Waals surface area (Å²) >= 11 is 0. The average Bonchev–Trinajstić information content (AvgIpc) is 2.33. The van der Waals surface area contributed by atoms with E-state index in [1.54, 1.807) is 24.3 Å². The molecule has 82 valence electrons. The fourth-order valence-electron chi connectivity index (χ4n) is 1.60. The molecule has 0 aliphatic carbocycles. The minimum atomic E-state index is -0.637. The fraction of sp³-hybridized carbons (Fsp3) is 0.0833. The molecule has 2 aromatic rings. The van der Waals surface area contributed by atoms with E-state index in [0.29, 0.717) is 10.8 Å². The van der Waals surface area contributed by atoms with Crippen LogP contribution in [0.2, 0.25) is 0 Å². The lowest BCUT2D eigenvalue weighted by molar-refractivity contribution is 0.0601. The van der Waals surface area contributed by atoms with Gasteiger partial charge in [-0.2, -0.15) is 0 Å². The molecule has 2 aromatic carbocycles. The highest BCUT2D eigenvalue weighted by Gasteiger charge is 2.16. The van der Waals surface area contributed by atoms with Gasteiger partial charge in [0.15, 0.2) is 5.82 Å². The summed E-state index contributed by atoms with van der Waals surface area (Å²) in [6.07, 6.45) is 0. The second kappa shape index (κ2) is 3.81. The Hall–Kier alpha value is -2.10. The van der Waals surface area contributed by atoms with Gasteiger partial charge in [0, 0.05) is 5.39 Å². The number of benzene rings is 2. The number of nitrogen functional groups attached to an aromatic ring is 1. The Bertz CT molecular complexity index is 566. The quantitative estimate of drug-likeness (QED) is 0.591. The second-order valence-electron chi connectivity index (χ2n) is 3.36. The zero-order valence-corrected chi connectivity index (χ0v) is 8.66. The van der Waals surface area contributed by atoms with Crippen LogP contribution in [0.1, 0.15) is 10.4 Å². The number of ether oxygens (including phenoxy) is 1. The van der Waals surface area contributed by atoms with Gasteiger partial charge in [-0.15, -0.1) is 0 Å². The van der Waals surface area contributed by atoms with E-state index >= 15 is 0 Å². The summed E-state index contributed by atoms with van der Waals surface area (Å²) in [6.45, 7) is 0. The Labute approximate surface area is 91.6 Å². The molecular formula is C12H10FNO2. The highest BCUT2D eigenvalue weighted by molar-refractivity contribution is 6.01. The minimum absolute atomic E-state index is 0.0544. The Morgan fingerprint density at radius 2 is 2.06 bits per heavy atom. The van der Waals surface area contributed by atoms with Crippen molar-refractivity contribution in [2.45, 2.75) is 0 Å². The summed E-state index contributed by atoms with van der Waals surface area (Å²) < 4.78 is 18.4. The maximum Gasteiger partial charge on any atom is 0.340 e. The lowest BCUT2D eigenvalue weighted by Crippen LogP contribution is -2.07. The van der Waals surface area contributed by atoms with Gasteiger partial charge in [0.2, 0.25) is 0 Å². The molecule has 0 saturated heterocycles. The highest BCUT2D eigenvalue weighted by Crippen LogP contribution is 2.26. The van der Waals surface area contributed by atoms with E-state index < -0.39 is 11.8 Å². The number of carbonyl (C=O) groups is 1. The zero-order valence-electron chi connectivity index (χ0n) is 8.66. The summed E-state index contributed by atoms with van der Waals surface area (Å²) in [5.74, 6) is -1.22. The van der Waals surface area contributed by atoms with Crippen molar-refractivity contribution < 1.29 is 13.9 Å². The maximum absolute atomic E-state index is 13.8. The monoisotopic (exact) mass is 219 g/mol. The van der Waals surface area contributed by atoms with Crippen LogP contribution < -0.4 is 5.73 Å². The van der Waals surface area contributed by atoms with Crippen LogP contribution >= 0.6 is 0 Å². The number of hydrogen-bond donors (Lipinski definition) is 1. The number of esters is 1. The van der Waals surface area contributed by atoms with Crippen LogP contribution in [0, 0.1) is 5.82 Å². The Morgan fingerprint density at radius 1 is 1.38 bits per heavy atom. The first-order valence-corrected chi connectivity index (χ1v) is 4.70. The SMILES string of the molecule is COC(=O)c1cc2ccccc2c(F)c1N. The summed E-state index contributed by atoms with van der Waals surface area (Å²) in [5.41, 5.74) is 5.43. The van der Waals surface area contributed by atoms with Crippen LogP contribution in [0.3, 0.4) is 0 Å². The highest BCUT2D eigenvalue weighted by atomic mass is 19.1. The van der Waals surface area contributed by atoms with Gasteiger partial charge in [-0.3, -0.25) is 0 Å². The molecule has 0 spiro atoms. The molecule has 0 atom stereocenters. The normalized spacial score (nSPS) is 10.4. The molecule has 2 N–H and O–H groups in total. The molecule has 4 heteroatoms. The van der Waals surface area contributed by atoms with Crippen LogP contribution in [-0.4, -0.2) is 13.1 Å². The number of nitrogens with two attached hydrogens (primary N) is 1. The fourth-order valence-corrected chi connectivity index (χ4v) is 1.60. The van der Waals surface area contributed by atoms with Gasteiger partial charge < -0.3 is 10.5 Å². The van der Waals surface area contributed by atoms with Crippen molar-refractivity contribution in [2.24, 2.45) is 0 Å². The third-order valence-corrected chi connectivity index (χ3v) is 2.43. The van der Waals surface area contributed by atoms with E-state index in [9.17, 15) is 9.18 Å². The standard InChI is InChI=1S/C12H10FNO2/c1-16-12(15)9-6-7-4-2-3-5-8(7)10(13)11(9)14/h2-6H,14H2,1H3. The van der Waals surface area contributed by atoms with Crippen molar-refractivity contribution >= 4 is 22.4 Å². The minimum Gasteiger partial charge on any atom is -0.465 e. The van der Waals surface area contributed by atoms with E-state index in [0.717, 1.165) is 0 Å². The molecule has 16 heavy (non-hydrogen) atoms. The Morgan fingerprint density at radius 3 is 2.75 bits per heavy atom. The maximum atomic E-state index is 13.8. The number of anilines is 1. The number of carbonyl (C=O) groups excluding carboxylic acids is 1. The number of methoxy groups -OCH3 is 1. The number of hydrogen-bond acceptors (Lipinski definition) is 3. The molecular weight excluding hydrogens is 209 g/mol. The van der Waals surface area contributed by atoms with Gasteiger partial charge >= 0.3 is 5.97 Å². The third-order valence-electron chi connectivity index (χ3n) is 2.43. The number of rotatable bonds is 1. The average molecular weight is 219 g/mol. The summed E-state index contributed by atoms with van der Waals surface area (Å²) in [5, 5.41) is 1.02. The van der Waals surface area contributed by atoms with Crippen LogP contribution in [0.15, 0.2) is 30.3 Å². The Kier molecular flexibility index (Phi) is 2.48. The van der Waals surface area contributed by atoms with Crippen molar-refractivity contribution in [3.05, 3.63) is 41.7 Å². The largest absolute Gasteiger partial charge is 0.465 e. The molecule has 3 nitrogen and oxygen atoms in total. The molecule has 0 amide bonds. The topological polar surface area (TPSA) is 52.3 Å². The molecule has 2 rings (SSSR count). The first-order valence-electron chi connectivity index (χ1n) is 4.70. The van der Waals surface area contributed by atoms with E-state index in [4.69, 9.17) is 5.73 Å². The smallest absolute Gasteiger partial charge is 0.340 e. The van der Waals surface area contributed by atoms with Crippen LogP contribution in [0.25, 0.3) is 10.8 Å². The van der Waals surface area contributed by atoms with E-state index in [2.05, 4.69) is 4.74 Å². The Balaban J connectivity index is 2.78. The number of halogens is 1. The molecule has 0 fully saturated rings. The van der Waals surface area contributed by atoms with Crippen molar-refractivity contribution in [1.29, 1.82) is 0 Å². The second-order valence-corrected chi connectivity index (χ2v) is 3.36. The predicted molar refractivity (Wildman–Crippen MR) is 59.7 cm³/mol. The van der Waals surface area contributed by atoms with Crippen LogP contribution in [0.5, 0.6) is 0 Å². The molecule has 0 aliphatic heterocycles. The third kappa shape index (κ3) is 1.48. The van der Waals surface area contributed by atoms with Crippen molar-refractivity contribution in [3.8, 4) is 0 Å². The molecule has 0 bridgehead atoms. The van der Waals surface area contributed by atoms with E-state index in [1.165, 1.54) is 13.2 Å². The zero-order chi connectivity index (χ0) is 11.7. The molecule has 0 aromatic heterocycles. The van der Waals surface area contributed by atoms with Crippen molar-refractivity contribution in [2.75, 3.05) is 12.8 Å². The van der Waals surface area contributed by atoms with Crippen LogP contribution in [0.4, 0.5) is 10.1 Å². The van der Waals surface area contributed by atoms with Crippen LogP contribution in [-0.2, 0) is 4.74 Å². The lowest BCUT2D eigenvalue weighted by atomic mass is 10.0. The molecule has 0 aliphatic rings. The lowest BCUT2D eigenvalue weighted by Gasteiger charge is -2.07. The van der Waals surface area contributed by atoms with Gasteiger partial charge in [0.25, 0.3) is 0 Å². The van der Waals surface area contributed by atoms with Gasteiger partial charge in [0.05, 0.1) is 18.4 Å². The summed E-state index contributed by atoms with van der Waals surface area (Å²) in [7, 11) is 1.23. The van der Waals surface area contributed by atoms with Crippen molar-refractivity contribution in [1.82, 2.24) is 0 Å². The predicted octanol–water partition coefficient (Wildman–Crippen LogP) is 2.35. The molecule has 0 unspecified atom stereocenters. The molecule has 0 saturated carbocycles. The van der Waals surface area contributed by atoms with Gasteiger partial charge in [0.1, 0.15) is 0 Å².